The molecule has 0 spiro atoms. The van der Waals surface area contributed by atoms with E-state index < -0.39 is 10.0 Å². The van der Waals surface area contributed by atoms with E-state index in [1.807, 2.05) is 0 Å². The molecule has 0 bridgehead atoms. The van der Waals surface area contributed by atoms with E-state index in [1.165, 1.54) is 12.1 Å². The van der Waals surface area contributed by atoms with Gasteiger partial charge in [0.2, 0.25) is 5.13 Å². The van der Waals surface area contributed by atoms with Crippen LogP contribution >= 0.6 is 27.5 Å². The van der Waals surface area contributed by atoms with E-state index in [0.29, 0.717) is 10.3 Å². The van der Waals surface area contributed by atoms with Crippen molar-refractivity contribution in [3.05, 3.63) is 28.5 Å². The lowest BCUT2D eigenvalue weighted by atomic mass is 10.3. The zero-order chi connectivity index (χ0) is 13.3. The Morgan fingerprint density at radius 1 is 1.44 bits per heavy atom. The third kappa shape index (κ3) is 2.79. The Bertz CT molecular complexity index is 684. The number of anilines is 2. The maximum Gasteiger partial charge on any atom is 0.265 e. The molecule has 18 heavy (non-hydrogen) atoms. The topological polar surface area (TPSA) is 98.0 Å². The monoisotopic (exact) mass is 348 g/mol. The lowest BCUT2D eigenvalue weighted by molar-refractivity contribution is 0.601. The summed E-state index contributed by atoms with van der Waals surface area (Å²) in [7, 11) is -3.75. The minimum Gasteiger partial charge on any atom is -0.398 e. The van der Waals surface area contributed by atoms with Crippen LogP contribution in [0.2, 0.25) is 0 Å². The number of hydrogen-bond donors (Lipinski definition) is 2. The molecule has 0 aliphatic carbocycles. The third-order valence-corrected chi connectivity index (χ3v) is 4.75. The highest BCUT2D eigenvalue weighted by molar-refractivity contribution is 9.10. The fourth-order valence-corrected chi connectivity index (χ4v) is 3.72. The normalized spacial score (nSPS) is 11.4. The summed E-state index contributed by atoms with van der Waals surface area (Å²) < 4.78 is 31.1. The van der Waals surface area contributed by atoms with Gasteiger partial charge in [-0.15, -0.1) is 0 Å². The predicted molar refractivity (Wildman–Crippen MR) is 74.0 cm³/mol. The van der Waals surface area contributed by atoms with Gasteiger partial charge in [0.05, 0.1) is 5.69 Å². The maximum absolute atomic E-state index is 12.1. The Balaban J connectivity index is 2.39. The summed E-state index contributed by atoms with van der Waals surface area (Å²) >= 11 is 4.18. The molecule has 2 aromatic rings. The SMILES string of the molecule is Cc1nsc(NS(=O)(=O)c2cc(Br)ccc2N)n1. The van der Waals surface area contributed by atoms with Crippen LogP contribution < -0.4 is 10.5 Å². The van der Waals surface area contributed by atoms with Crippen LogP contribution in [0.1, 0.15) is 5.82 Å². The number of rotatable bonds is 3. The van der Waals surface area contributed by atoms with Crippen LogP contribution in [-0.4, -0.2) is 17.8 Å². The molecule has 0 aliphatic heterocycles. The molecule has 0 aliphatic rings. The highest BCUT2D eigenvalue weighted by Crippen LogP contribution is 2.25. The van der Waals surface area contributed by atoms with Crippen molar-refractivity contribution in [1.29, 1.82) is 0 Å². The number of aryl methyl sites for hydroxylation is 1. The number of hydrogen-bond acceptors (Lipinski definition) is 6. The lowest BCUT2D eigenvalue weighted by Crippen LogP contribution is -2.14. The fourth-order valence-electron chi connectivity index (χ4n) is 1.25. The first-order chi connectivity index (χ1) is 8.38. The van der Waals surface area contributed by atoms with Crippen LogP contribution in [0.4, 0.5) is 10.8 Å². The Hall–Kier alpha value is -1.19. The number of benzene rings is 1. The van der Waals surface area contributed by atoms with E-state index in [2.05, 4.69) is 30.0 Å². The second kappa shape index (κ2) is 4.82. The first-order valence-corrected chi connectivity index (χ1v) is 7.81. The van der Waals surface area contributed by atoms with Crippen LogP contribution in [0.3, 0.4) is 0 Å². The molecule has 1 aromatic carbocycles. The second-order valence-corrected chi connectivity index (χ2v) is 6.75. The van der Waals surface area contributed by atoms with E-state index in [-0.39, 0.29) is 15.7 Å². The van der Waals surface area contributed by atoms with Gasteiger partial charge in [-0.25, -0.2) is 13.4 Å². The van der Waals surface area contributed by atoms with Gasteiger partial charge >= 0.3 is 0 Å². The Morgan fingerprint density at radius 2 is 2.17 bits per heavy atom. The van der Waals surface area contributed by atoms with Gasteiger partial charge in [0.25, 0.3) is 10.0 Å². The lowest BCUT2D eigenvalue weighted by Gasteiger charge is -2.07. The summed E-state index contributed by atoms with van der Waals surface area (Å²) in [6.45, 7) is 1.68. The van der Waals surface area contributed by atoms with Crippen LogP contribution in [-0.2, 0) is 10.0 Å². The molecule has 0 amide bonds. The van der Waals surface area contributed by atoms with Crippen molar-refractivity contribution in [3.63, 3.8) is 0 Å². The van der Waals surface area contributed by atoms with Gasteiger partial charge in [0.1, 0.15) is 10.7 Å². The van der Waals surface area contributed by atoms with Crippen molar-refractivity contribution in [2.45, 2.75) is 11.8 Å². The van der Waals surface area contributed by atoms with E-state index in [0.717, 1.165) is 11.5 Å². The molecule has 3 N–H and O–H groups in total. The number of nitrogens with one attached hydrogen (secondary N) is 1. The zero-order valence-electron chi connectivity index (χ0n) is 9.21. The molecule has 9 heteroatoms. The smallest absolute Gasteiger partial charge is 0.265 e. The quantitative estimate of drug-likeness (QED) is 0.826. The zero-order valence-corrected chi connectivity index (χ0v) is 12.4. The number of nitrogens with zero attached hydrogens (tertiary/aromatic N) is 2. The van der Waals surface area contributed by atoms with Crippen LogP contribution in [0.25, 0.3) is 0 Å². The first kappa shape index (κ1) is 13.2. The van der Waals surface area contributed by atoms with E-state index in [9.17, 15) is 8.42 Å². The van der Waals surface area contributed by atoms with Gasteiger partial charge in [-0.05, 0) is 25.1 Å². The predicted octanol–water partition coefficient (Wildman–Crippen LogP) is 1.99. The summed E-state index contributed by atoms with van der Waals surface area (Å²) in [5.74, 6) is 0.514. The molecular formula is C9H9BrN4O2S2. The summed E-state index contributed by atoms with van der Waals surface area (Å²) in [5, 5.41) is 0.215. The van der Waals surface area contributed by atoms with Crippen molar-refractivity contribution < 1.29 is 8.42 Å². The fraction of sp³-hybridized carbons (Fsp3) is 0.111. The molecule has 0 radical (unpaired) electrons. The van der Waals surface area contributed by atoms with E-state index in [1.54, 1.807) is 13.0 Å². The van der Waals surface area contributed by atoms with Crippen LogP contribution in [0.15, 0.2) is 27.6 Å². The number of halogens is 1. The largest absolute Gasteiger partial charge is 0.398 e. The molecule has 0 fully saturated rings. The summed E-state index contributed by atoms with van der Waals surface area (Å²) in [6, 6.07) is 4.62. The Kier molecular flexibility index (Phi) is 3.55. The molecule has 96 valence electrons. The highest BCUT2D eigenvalue weighted by atomic mass is 79.9. The van der Waals surface area contributed by atoms with Gasteiger partial charge in [0.15, 0.2) is 0 Å². The third-order valence-electron chi connectivity index (χ3n) is 2.01. The van der Waals surface area contributed by atoms with Crippen molar-refractivity contribution >= 4 is 48.3 Å². The summed E-state index contributed by atoms with van der Waals surface area (Å²) in [5.41, 5.74) is 5.83. The van der Waals surface area contributed by atoms with E-state index in [4.69, 9.17) is 5.73 Å². The van der Waals surface area contributed by atoms with Gasteiger partial charge < -0.3 is 5.73 Å². The molecule has 1 heterocycles. The molecule has 1 aromatic heterocycles. The molecule has 0 saturated heterocycles. The minimum atomic E-state index is -3.75. The number of sulfonamides is 1. The van der Waals surface area contributed by atoms with Gasteiger partial charge in [-0.3, -0.25) is 4.72 Å². The van der Waals surface area contributed by atoms with Crippen LogP contribution in [0, 0.1) is 6.92 Å². The van der Waals surface area contributed by atoms with Crippen molar-refractivity contribution in [2.24, 2.45) is 0 Å². The number of nitrogens with two attached hydrogens (primary N) is 1. The summed E-state index contributed by atoms with van der Waals surface area (Å²) in [6.07, 6.45) is 0. The van der Waals surface area contributed by atoms with Gasteiger partial charge in [-0.1, -0.05) is 15.9 Å². The van der Waals surface area contributed by atoms with Crippen molar-refractivity contribution in [3.8, 4) is 0 Å². The maximum atomic E-state index is 12.1. The second-order valence-electron chi connectivity index (χ2n) is 3.43. The number of nitrogen functional groups attached to an aromatic ring is 1. The first-order valence-electron chi connectivity index (χ1n) is 4.76. The van der Waals surface area contributed by atoms with Crippen molar-refractivity contribution in [1.82, 2.24) is 9.36 Å². The minimum absolute atomic E-state index is 0.00438. The number of aromatic nitrogens is 2. The Morgan fingerprint density at radius 3 is 2.78 bits per heavy atom. The molecule has 0 unspecified atom stereocenters. The van der Waals surface area contributed by atoms with E-state index >= 15 is 0 Å². The summed E-state index contributed by atoms with van der Waals surface area (Å²) in [4.78, 5) is 3.94. The van der Waals surface area contributed by atoms with Crippen LogP contribution in [0.5, 0.6) is 0 Å². The Labute approximate surface area is 117 Å². The van der Waals surface area contributed by atoms with Crippen molar-refractivity contribution in [2.75, 3.05) is 10.5 Å². The van der Waals surface area contributed by atoms with Gasteiger partial charge in [0, 0.05) is 16.0 Å². The average Bonchev–Trinajstić information content (AvgIpc) is 2.66. The highest BCUT2D eigenvalue weighted by Gasteiger charge is 2.19. The molecule has 2 rings (SSSR count). The molecular weight excluding hydrogens is 340 g/mol. The molecule has 6 nitrogen and oxygen atoms in total. The molecule has 0 atom stereocenters. The standard InChI is InChI=1S/C9H9BrN4O2S2/c1-5-12-9(17-13-5)14-18(15,16)8-4-6(10)2-3-7(8)11/h2-4H,11H2,1H3,(H,12,13,14). The van der Waals surface area contributed by atoms with Gasteiger partial charge in [-0.2, -0.15) is 4.37 Å². The molecule has 0 saturated carbocycles. The average molecular weight is 349 g/mol.